The average molecular weight is 258 g/mol. The first-order valence-electron chi connectivity index (χ1n) is 5.94. The van der Waals surface area contributed by atoms with Crippen LogP contribution in [0.25, 0.3) is 11.1 Å². The number of aromatic nitrogens is 1. The van der Waals surface area contributed by atoms with E-state index < -0.39 is 4.92 Å². The van der Waals surface area contributed by atoms with Gasteiger partial charge in [0.1, 0.15) is 0 Å². The first-order valence-corrected chi connectivity index (χ1v) is 5.94. The van der Waals surface area contributed by atoms with E-state index >= 15 is 0 Å². The molecule has 1 heterocycles. The van der Waals surface area contributed by atoms with Gasteiger partial charge in [0.25, 0.3) is 0 Å². The third-order valence-corrected chi connectivity index (χ3v) is 2.91. The van der Waals surface area contributed by atoms with Crippen LogP contribution < -0.4 is 4.74 Å². The molecule has 0 saturated heterocycles. The molecule has 1 aromatic carbocycles. The van der Waals surface area contributed by atoms with E-state index in [4.69, 9.17) is 4.74 Å². The van der Waals surface area contributed by atoms with Crippen LogP contribution in [0.2, 0.25) is 0 Å². The Morgan fingerprint density at radius 2 is 2.16 bits per heavy atom. The molecule has 5 nitrogen and oxygen atoms in total. The highest BCUT2D eigenvalue weighted by atomic mass is 16.6. The Morgan fingerprint density at radius 3 is 2.79 bits per heavy atom. The van der Waals surface area contributed by atoms with Gasteiger partial charge in [0.2, 0.25) is 0 Å². The maximum Gasteiger partial charge on any atom is 0.310 e. The minimum Gasteiger partial charge on any atom is -0.490 e. The van der Waals surface area contributed by atoms with Crippen molar-refractivity contribution in [2.24, 2.45) is 0 Å². The lowest BCUT2D eigenvalue weighted by molar-refractivity contribution is -0.385. The fourth-order valence-electron chi connectivity index (χ4n) is 1.98. The minimum atomic E-state index is -0.452. The largest absolute Gasteiger partial charge is 0.490 e. The zero-order valence-electron chi connectivity index (χ0n) is 10.8. The summed E-state index contributed by atoms with van der Waals surface area (Å²) >= 11 is 0. The second kappa shape index (κ2) is 5.48. The van der Waals surface area contributed by atoms with Crippen LogP contribution in [0.3, 0.4) is 0 Å². The molecular formula is C14H14N2O3. The zero-order chi connectivity index (χ0) is 13.8. The van der Waals surface area contributed by atoms with Gasteiger partial charge in [-0.2, -0.15) is 0 Å². The number of benzene rings is 1. The fourth-order valence-corrected chi connectivity index (χ4v) is 1.98. The number of nitro benzene ring substituents is 1. The molecule has 0 radical (unpaired) electrons. The van der Waals surface area contributed by atoms with Gasteiger partial charge in [-0.25, -0.2) is 0 Å². The molecule has 1 aromatic heterocycles. The molecule has 0 atom stereocenters. The van der Waals surface area contributed by atoms with Crippen molar-refractivity contribution in [2.75, 3.05) is 7.11 Å². The second-order valence-electron chi connectivity index (χ2n) is 3.99. The van der Waals surface area contributed by atoms with E-state index in [0.717, 1.165) is 23.2 Å². The first-order chi connectivity index (χ1) is 9.17. The standard InChI is InChI=1S/C14H14N2O3/c1-3-12-11(5-4-8-15-12)10-6-7-13(16(17)18)14(9-10)19-2/h4-9H,3H2,1-2H3. The van der Waals surface area contributed by atoms with Crippen LogP contribution in [0.5, 0.6) is 5.75 Å². The predicted molar refractivity (Wildman–Crippen MR) is 72.3 cm³/mol. The van der Waals surface area contributed by atoms with E-state index in [1.165, 1.54) is 13.2 Å². The molecule has 0 bridgehead atoms. The summed E-state index contributed by atoms with van der Waals surface area (Å²) in [6, 6.07) is 8.65. The lowest BCUT2D eigenvalue weighted by atomic mass is 10.0. The number of aryl methyl sites for hydroxylation is 1. The highest BCUT2D eigenvalue weighted by Gasteiger charge is 2.16. The fraction of sp³-hybridized carbons (Fsp3) is 0.214. The van der Waals surface area contributed by atoms with Crippen LogP contribution in [0.1, 0.15) is 12.6 Å². The van der Waals surface area contributed by atoms with Crippen LogP contribution >= 0.6 is 0 Å². The first kappa shape index (κ1) is 13.0. The molecule has 2 aromatic rings. The zero-order valence-corrected chi connectivity index (χ0v) is 10.8. The van der Waals surface area contributed by atoms with Crippen molar-refractivity contribution < 1.29 is 9.66 Å². The van der Waals surface area contributed by atoms with Crippen molar-refractivity contribution >= 4 is 5.69 Å². The maximum atomic E-state index is 10.9. The maximum absolute atomic E-state index is 10.9. The topological polar surface area (TPSA) is 65.3 Å². The van der Waals surface area contributed by atoms with E-state index in [2.05, 4.69) is 4.98 Å². The van der Waals surface area contributed by atoms with Gasteiger partial charge in [0.15, 0.2) is 5.75 Å². The molecule has 0 aliphatic carbocycles. The predicted octanol–water partition coefficient (Wildman–Crippen LogP) is 3.23. The third kappa shape index (κ3) is 2.54. The highest BCUT2D eigenvalue weighted by molar-refractivity contribution is 5.70. The number of rotatable bonds is 4. The van der Waals surface area contributed by atoms with Crippen molar-refractivity contribution in [2.45, 2.75) is 13.3 Å². The lowest BCUT2D eigenvalue weighted by Gasteiger charge is -2.08. The summed E-state index contributed by atoms with van der Waals surface area (Å²) < 4.78 is 5.08. The quantitative estimate of drug-likeness (QED) is 0.623. The second-order valence-corrected chi connectivity index (χ2v) is 3.99. The van der Waals surface area contributed by atoms with Gasteiger partial charge in [-0.15, -0.1) is 0 Å². The van der Waals surface area contributed by atoms with Crippen molar-refractivity contribution in [3.05, 3.63) is 52.3 Å². The van der Waals surface area contributed by atoms with Gasteiger partial charge >= 0.3 is 5.69 Å². The number of pyridine rings is 1. The van der Waals surface area contributed by atoms with E-state index in [9.17, 15) is 10.1 Å². The van der Waals surface area contributed by atoms with Crippen molar-refractivity contribution in [1.29, 1.82) is 0 Å². The molecule has 98 valence electrons. The normalized spacial score (nSPS) is 10.2. The van der Waals surface area contributed by atoms with E-state index in [1.54, 1.807) is 18.3 Å². The Hall–Kier alpha value is -2.43. The molecule has 19 heavy (non-hydrogen) atoms. The number of methoxy groups -OCH3 is 1. The lowest BCUT2D eigenvalue weighted by Crippen LogP contribution is -1.96. The number of ether oxygens (including phenoxy) is 1. The molecule has 0 unspecified atom stereocenters. The van der Waals surface area contributed by atoms with E-state index in [-0.39, 0.29) is 11.4 Å². The van der Waals surface area contributed by atoms with Crippen LogP contribution in [0, 0.1) is 10.1 Å². The average Bonchev–Trinajstić information content (AvgIpc) is 2.46. The smallest absolute Gasteiger partial charge is 0.310 e. The Labute approximate surface area is 111 Å². The summed E-state index contributed by atoms with van der Waals surface area (Å²) in [6.07, 6.45) is 2.54. The van der Waals surface area contributed by atoms with Gasteiger partial charge in [0, 0.05) is 23.5 Å². The van der Waals surface area contributed by atoms with Gasteiger partial charge in [0.05, 0.1) is 12.0 Å². The number of hydrogen-bond donors (Lipinski definition) is 0. The summed E-state index contributed by atoms with van der Waals surface area (Å²) in [5.74, 6) is 0.258. The Kier molecular flexibility index (Phi) is 3.75. The number of hydrogen-bond acceptors (Lipinski definition) is 4. The molecule has 5 heteroatoms. The van der Waals surface area contributed by atoms with E-state index in [0.29, 0.717) is 0 Å². The van der Waals surface area contributed by atoms with Crippen molar-refractivity contribution in [3.63, 3.8) is 0 Å². The Balaban J connectivity index is 2.55. The molecule has 0 spiro atoms. The number of nitro groups is 1. The van der Waals surface area contributed by atoms with Crippen LogP contribution in [0.4, 0.5) is 5.69 Å². The molecular weight excluding hydrogens is 244 g/mol. The van der Waals surface area contributed by atoms with Crippen molar-refractivity contribution in [3.8, 4) is 16.9 Å². The number of nitrogens with zero attached hydrogens (tertiary/aromatic N) is 2. The van der Waals surface area contributed by atoms with E-state index in [1.807, 2.05) is 19.1 Å². The monoisotopic (exact) mass is 258 g/mol. The Morgan fingerprint density at radius 1 is 1.37 bits per heavy atom. The van der Waals surface area contributed by atoms with Gasteiger partial charge in [-0.1, -0.05) is 13.0 Å². The summed E-state index contributed by atoms with van der Waals surface area (Å²) in [7, 11) is 1.43. The molecule has 0 N–H and O–H groups in total. The summed E-state index contributed by atoms with van der Waals surface area (Å²) in [6.45, 7) is 2.02. The van der Waals surface area contributed by atoms with Gasteiger partial charge in [-0.3, -0.25) is 15.1 Å². The van der Waals surface area contributed by atoms with Gasteiger partial charge < -0.3 is 4.74 Å². The van der Waals surface area contributed by atoms with Crippen LogP contribution in [0.15, 0.2) is 36.5 Å². The summed E-state index contributed by atoms with van der Waals surface area (Å²) in [4.78, 5) is 14.7. The molecule has 0 aliphatic rings. The molecule has 0 fully saturated rings. The van der Waals surface area contributed by atoms with Crippen molar-refractivity contribution in [1.82, 2.24) is 4.98 Å². The molecule has 2 rings (SSSR count). The minimum absolute atomic E-state index is 0.0341. The van der Waals surface area contributed by atoms with Crippen LogP contribution in [-0.4, -0.2) is 17.0 Å². The van der Waals surface area contributed by atoms with Gasteiger partial charge in [-0.05, 0) is 30.2 Å². The SMILES string of the molecule is CCc1ncccc1-c1ccc([N+](=O)[O-])c(OC)c1. The molecule has 0 aliphatic heterocycles. The summed E-state index contributed by atoms with van der Waals surface area (Å²) in [5, 5.41) is 10.9. The summed E-state index contributed by atoms with van der Waals surface area (Å²) in [5.41, 5.74) is 2.76. The third-order valence-electron chi connectivity index (χ3n) is 2.91. The molecule has 0 amide bonds. The molecule has 0 saturated carbocycles. The highest BCUT2D eigenvalue weighted by Crippen LogP contribution is 2.33. The Bertz CT molecular complexity index is 611. The van der Waals surface area contributed by atoms with Crippen LogP contribution in [-0.2, 0) is 6.42 Å².